The average Bonchev–Trinajstić information content (AvgIpc) is 2.80. The lowest BCUT2D eigenvalue weighted by atomic mass is 9.69. The van der Waals surface area contributed by atoms with E-state index in [0.717, 1.165) is 11.1 Å². The highest BCUT2D eigenvalue weighted by molar-refractivity contribution is 5.72. The van der Waals surface area contributed by atoms with Gasteiger partial charge in [0.2, 0.25) is 5.69 Å². The molecular weight excluding hydrogens is 386 g/mol. The summed E-state index contributed by atoms with van der Waals surface area (Å²) < 4.78 is 11.5. The molecule has 2 unspecified atom stereocenters. The van der Waals surface area contributed by atoms with E-state index in [0.29, 0.717) is 11.8 Å². The smallest absolute Gasteiger partial charge is 0.201 e. The summed E-state index contributed by atoms with van der Waals surface area (Å²) in [6, 6.07) is 28.3. The number of pyridine rings is 1. The lowest BCUT2D eigenvalue weighted by Gasteiger charge is -2.35. The molecule has 160 valence electrons. The zero-order valence-corrected chi connectivity index (χ0v) is 19.7. The first-order valence-electron chi connectivity index (χ1n) is 12.1. The maximum Gasteiger partial charge on any atom is 0.213 e. The first-order valence-corrected chi connectivity index (χ1v) is 11.6. The predicted octanol–water partition coefficient (Wildman–Crippen LogP) is 7.41. The summed E-state index contributed by atoms with van der Waals surface area (Å²) >= 11 is 0. The lowest BCUT2D eigenvalue weighted by Crippen LogP contribution is -2.30. The topological polar surface area (TPSA) is 3.88 Å². The van der Waals surface area contributed by atoms with Crippen LogP contribution in [0, 0.1) is 12.8 Å². The number of hydrogen-bond acceptors (Lipinski definition) is 0. The molecule has 5 rings (SSSR count). The monoisotopic (exact) mass is 419 g/mol. The summed E-state index contributed by atoms with van der Waals surface area (Å²) in [7, 11) is 2.11. The van der Waals surface area contributed by atoms with Gasteiger partial charge in [-0.15, -0.1) is 0 Å². The number of aromatic nitrogens is 1. The molecule has 2 atom stereocenters. The highest BCUT2D eigenvalue weighted by Crippen LogP contribution is 2.47. The third-order valence-corrected chi connectivity index (χ3v) is 7.06. The van der Waals surface area contributed by atoms with Gasteiger partial charge in [0.1, 0.15) is 7.05 Å². The fourth-order valence-electron chi connectivity index (χ4n) is 5.36. The minimum Gasteiger partial charge on any atom is -0.201 e. The summed E-state index contributed by atoms with van der Waals surface area (Å²) in [5.41, 5.74) is 11.0. The molecule has 1 heterocycles. The third-order valence-electron chi connectivity index (χ3n) is 7.06. The van der Waals surface area contributed by atoms with Gasteiger partial charge in [0.05, 0.1) is 0 Å². The van der Waals surface area contributed by atoms with Gasteiger partial charge in [0.15, 0.2) is 6.20 Å². The summed E-state index contributed by atoms with van der Waals surface area (Å²) in [6.07, 6.45) is 2.15. The zero-order chi connectivity index (χ0) is 23.3. The van der Waals surface area contributed by atoms with Crippen LogP contribution in [-0.4, -0.2) is 0 Å². The molecule has 0 amide bonds. The Morgan fingerprint density at radius 2 is 1.44 bits per heavy atom. The van der Waals surface area contributed by atoms with Crippen molar-refractivity contribution in [2.45, 2.75) is 39.5 Å². The molecule has 3 aromatic carbocycles. The SMILES string of the molecule is [2H]C1(C)c2ccccc2C(C(C)C)c2cc(-c3cc[n+](C)c(-c4ccccc4C)c3)ccc21. The largest absolute Gasteiger partial charge is 0.213 e. The molecule has 0 fully saturated rings. The van der Waals surface area contributed by atoms with Gasteiger partial charge in [-0.2, -0.15) is 0 Å². The van der Waals surface area contributed by atoms with Crippen LogP contribution in [0.4, 0.5) is 0 Å². The minimum atomic E-state index is -0.745. The van der Waals surface area contributed by atoms with E-state index in [9.17, 15) is 1.37 Å². The molecule has 4 aromatic rings. The molecule has 0 aliphatic heterocycles. The number of nitrogens with zero attached hydrogens (tertiary/aromatic N) is 1. The van der Waals surface area contributed by atoms with Gasteiger partial charge in [-0.25, -0.2) is 4.57 Å². The van der Waals surface area contributed by atoms with E-state index in [4.69, 9.17) is 0 Å². The van der Waals surface area contributed by atoms with Crippen molar-refractivity contribution in [3.8, 4) is 22.4 Å². The van der Waals surface area contributed by atoms with Gasteiger partial charge in [0.25, 0.3) is 0 Å². The van der Waals surface area contributed by atoms with Crippen molar-refractivity contribution in [3.05, 3.63) is 113 Å². The number of fused-ring (bicyclic) bond motifs is 2. The Labute approximate surface area is 193 Å². The molecule has 1 aromatic heterocycles. The first-order chi connectivity index (χ1) is 15.8. The van der Waals surface area contributed by atoms with Crippen molar-refractivity contribution in [2.75, 3.05) is 0 Å². The van der Waals surface area contributed by atoms with Crippen molar-refractivity contribution in [1.82, 2.24) is 0 Å². The first kappa shape index (κ1) is 19.5. The van der Waals surface area contributed by atoms with E-state index in [1.165, 1.54) is 39.1 Å². The van der Waals surface area contributed by atoms with Crippen molar-refractivity contribution in [2.24, 2.45) is 13.0 Å². The summed E-state index contributed by atoms with van der Waals surface area (Å²) in [5, 5.41) is 0. The van der Waals surface area contributed by atoms with Crippen molar-refractivity contribution < 1.29 is 5.94 Å². The van der Waals surface area contributed by atoms with E-state index in [2.05, 4.69) is 117 Å². The van der Waals surface area contributed by atoms with Crippen LogP contribution in [0.1, 0.15) is 61.8 Å². The Bertz CT molecular complexity index is 1350. The van der Waals surface area contributed by atoms with Crippen LogP contribution in [0.15, 0.2) is 85.1 Å². The van der Waals surface area contributed by atoms with Crippen molar-refractivity contribution in [3.63, 3.8) is 0 Å². The van der Waals surface area contributed by atoms with E-state index in [1.54, 1.807) is 0 Å². The van der Waals surface area contributed by atoms with Gasteiger partial charge in [0, 0.05) is 30.9 Å². The molecule has 1 heteroatoms. The molecule has 32 heavy (non-hydrogen) atoms. The molecule has 0 N–H and O–H groups in total. The number of hydrogen-bond donors (Lipinski definition) is 0. The number of rotatable bonds is 3. The second kappa shape index (κ2) is 8.06. The molecule has 0 bridgehead atoms. The second-order valence-electron chi connectivity index (χ2n) is 9.46. The molecule has 0 saturated carbocycles. The minimum absolute atomic E-state index is 0.297. The zero-order valence-electron chi connectivity index (χ0n) is 20.7. The summed E-state index contributed by atoms with van der Waals surface area (Å²) in [4.78, 5) is 0. The van der Waals surface area contributed by atoms with Gasteiger partial charge < -0.3 is 0 Å². The van der Waals surface area contributed by atoms with Crippen LogP contribution in [0.25, 0.3) is 22.4 Å². The van der Waals surface area contributed by atoms with E-state index in [-0.39, 0.29) is 0 Å². The van der Waals surface area contributed by atoms with Crippen LogP contribution in [0.5, 0.6) is 0 Å². The van der Waals surface area contributed by atoms with E-state index < -0.39 is 5.89 Å². The molecule has 0 radical (unpaired) electrons. The summed E-state index contributed by atoms with van der Waals surface area (Å²) in [5.74, 6) is 0.00301. The molecule has 0 saturated heterocycles. The number of aryl methyl sites for hydroxylation is 2. The van der Waals surface area contributed by atoms with Crippen molar-refractivity contribution >= 4 is 0 Å². The molecule has 1 aliphatic rings. The third kappa shape index (κ3) is 3.37. The molecular formula is C31H32N+. The molecule has 1 aliphatic carbocycles. The van der Waals surface area contributed by atoms with Crippen LogP contribution in [-0.2, 0) is 7.05 Å². The highest BCUT2D eigenvalue weighted by atomic mass is 14.9. The van der Waals surface area contributed by atoms with Gasteiger partial charge >= 0.3 is 0 Å². The Morgan fingerprint density at radius 3 is 2.19 bits per heavy atom. The molecule has 0 spiro atoms. The fraction of sp³-hybridized carbons (Fsp3) is 0.258. The van der Waals surface area contributed by atoms with Gasteiger partial charge in [-0.05, 0) is 57.9 Å². The molecule has 1 nitrogen and oxygen atoms in total. The van der Waals surface area contributed by atoms with Crippen molar-refractivity contribution in [1.29, 1.82) is 0 Å². The van der Waals surface area contributed by atoms with Gasteiger partial charge in [-0.3, -0.25) is 0 Å². The van der Waals surface area contributed by atoms with Gasteiger partial charge in [-0.1, -0.05) is 81.4 Å². The standard InChI is InChI=1S/C31H32N/c1-20(2)31-28-13-9-8-12-26(28)22(4)27-15-14-23(18-29(27)31)24-16-17-32(5)30(19-24)25-11-7-6-10-21(25)3/h6-20,22,31H,1-5H3/q+1/i22D. The van der Waals surface area contributed by atoms with Crippen LogP contribution in [0.3, 0.4) is 0 Å². The Hall–Kier alpha value is -3.19. The predicted molar refractivity (Wildman–Crippen MR) is 134 cm³/mol. The van der Waals surface area contributed by atoms with E-state index in [1.807, 2.05) is 6.92 Å². The maximum atomic E-state index is 9.29. The highest BCUT2D eigenvalue weighted by Gasteiger charge is 2.31. The Morgan fingerprint density at radius 1 is 0.781 bits per heavy atom. The maximum absolute atomic E-state index is 9.29. The summed E-state index contributed by atoms with van der Waals surface area (Å²) in [6.45, 7) is 8.80. The fourth-order valence-corrected chi connectivity index (χ4v) is 5.36. The normalized spacial score (nSPS) is 19.9. The Kier molecular flexibility index (Phi) is 4.91. The quantitative estimate of drug-likeness (QED) is 0.304. The van der Waals surface area contributed by atoms with Crippen LogP contribution in [0.2, 0.25) is 0 Å². The lowest BCUT2D eigenvalue weighted by molar-refractivity contribution is -0.660. The number of benzene rings is 3. The van der Waals surface area contributed by atoms with Crippen LogP contribution >= 0.6 is 0 Å². The van der Waals surface area contributed by atoms with E-state index >= 15 is 0 Å². The van der Waals surface area contributed by atoms with Crippen LogP contribution < -0.4 is 4.57 Å². The Balaban J connectivity index is 1.68. The second-order valence-corrected chi connectivity index (χ2v) is 9.46. The average molecular weight is 420 g/mol.